The maximum absolute atomic E-state index is 12.7. The Morgan fingerprint density at radius 3 is 2.39 bits per heavy atom. The minimum absolute atomic E-state index is 0.0472. The van der Waals surface area contributed by atoms with Crippen LogP contribution in [0.15, 0.2) is 29.6 Å². The zero-order valence-electron chi connectivity index (χ0n) is 16.2. The fraction of sp³-hybridized carbons (Fsp3) is 0.450. The Morgan fingerprint density at radius 1 is 1.11 bits per heavy atom. The molecule has 6 nitrogen and oxygen atoms in total. The van der Waals surface area contributed by atoms with E-state index in [2.05, 4.69) is 4.98 Å². The highest BCUT2D eigenvalue weighted by atomic mass is 35.5. The number of hydrogen-bond acceptors (Lipinski definition) is 4. The zero-order chi connectivity index (χ0) is 20.1. The highest BCUT2D eigenvalue weighted by molar-refractivity contribution is 7.13. The molecule has 1 aromatic heterocycles. The molecule has 2 aromatic rings. The van der Waals surface area contributed by atoms with Crippen molar-refractivity contribution in [2.75, 3.05) is 39.3 Å². The van der Waals surface area contributed by atoms with E-state index >= 15 is 0 Å². The molecule has 0 unspecified atom stereocenters. The molecule has 1 aliphatic rings. The predicted octanol–water partition coefficient (Wildman–Crippen LogP) is 3.61. The van der Waals surface area contributed by atoms with Gasteiger partial charge in [0.1, 0.15) is 5.01 Å². The molecule has 0 atom stereocenters. The monoisotopic (exact) mass is 420 g/mol. The molecular formula is C20H25ClN4O2S. The Morgan fingerprint density at radius 2 is 1.75 bits per heavy atom. The molecule has 0 N–H and O–H groups in total. The molecular weight excluding hydrogens is 396 g/mol. The van der Waals surface area contributed by atoms with Gasteiger partial charge in [0.2, 0.25) is 5.91 Å². The van der Waals surface area contributed by atoms with E-state index in [9.17, 15) is 9.59 Å². The van der Waals surface area contributed by atoms with E-state index in [1.165, 1.54) is 11.3 Å². The summed E-state index contributed by atoms with van der Waals surface area (Å²) in [4.78, 5) is 35.1. The van der Waals surface area contributed by atoms with Gasteiger partial charge in [0.25, 0.3) is 0 Å². The van der Waals surface area contributed by atoms with Gasteiger partial charge in [-0.15, -0.1) is 11.3 Å². The first-order valence-corrected chi connectivity index (χ1v) is 10.8. The number of aromatic nitrogens is 1. The molecule has 1 saturated heterocycles. The standard InChI is InChI=1S/C20H25ClN4O2S/c1-3-23(4-2)20(27)25-11-9-24(10-12-25)18(26)13-15-14-28-19(22-15)16-7-5-6-8-17(16)21/h5-8,14H,3-4,9-13H2,1-2H3. The van der Waals surface area contributed by atoms with Crippen molar-refractivity contribution in [1.82, 2.24) is 19.7 Å². The fourth-order valence-corrected chi connectivity index (χ4v) is 4.39. The number of benzene rings is 1. The Hall–Kier alpha value is -2.12. The average molecular weight is 421 g/mol. The molecule has 1 fully saturated rings. The lowest BCUT2D eigenvalue weighted by Crippen LogP contribution is -2.54. The van der Waals surface area contributed by atoms with Gasteiger partial charge in [0.15, 0.2) is 0 Å². The third kappa shape index (κ3) is 4.64. The highest BCUT2D eigenvalue weighted by Crippen LogP contribution is 2.30. The summed E-state index contributed by atoms with van der Waals surface area (Å²) in [6.07, 6.45) is 0.269. The summed E-state index contributed by atoms with van der Waals surface area (Å²) in [5, 5.41) is 3.39. The molecule has 150 valence electrons. The smallest absolute Gasteiger partial charge is 0.320 e. The molecule has 0 saturated carbocycles. The van der Waals surface area contributed by atoms with Crippen molar-refractivity contribution in [2.45, 2.75) is 20.3 Å². The van der Waals surface area contributed by atoms with Gasteiger partial charge in [-0.1, -0.05) is 29.8 Å². The van der Waals surface area contributed by atoms with E-state index in [0.29, 0.717) is 44.3 Å². The summed E-state index contributed by atoms with van der Waals surface area (Å²) in [6.45, 7) is 7.63. The first-order chi connectivity index (χ1) is 13.5. The van der Waals surface area contributed by atoms with E-state index in [4.69, 9.17) is 11.6 Å². The molecule has 8 heteroatoms. The molecule has 1 aliphatic heterocycles. The van der Waals surface area contributed by atoms with Gasteiger partial charge in [0.05, 0.1) is 17.1 Å². The van der Waals surface area contributed by atoms with Crippen LogP contribution in [0, 0.1) is 0 Å². The van der Waals surface area contributed by atoms with Crippen molar-refractivity contribution in [3.63, 3.8) is 0 Å². The Kier molecular flexibility index (Phi) is 6.91. The second-order valence-electron chi connectivity index (χ2n) is 6.62. The molecule has 28 heavy (non-hydrogen) atoms. The molecule has 0 bridgehead atoms. The van der Waals surface area contributed by atoms with Gasteiger partial charge in [0, 0.05) is 50.2 Å². The Bertz CT molecular complexity index is 829. The lowest BCUT2D eigenvalue weighted by molar-refractivity contribution is -0.132. The van der Waals surface area contributed by atoms with Crippen molar-refractivity contribution >= 4 is 34.9 Å². The van der Waals surface area contributed by atoms with Crippen LogP contribution in [0.25, 0.3) is 10.6 Å². The van der Waals surface area contributed by atoms with E-state index in [-0.39, 0.29) is 18.4 Å². The summed E-state index contributed by atoms with van der Waals surface area (Å²) < 4.78 is 0. The number of hydrogen-bond donors (Lipinski definition) is 0. The number of carbonyl (C=O) groups excluding carboxylic acids is 2. The van der Waals surface area contributed by atoms with Gasteiger partial charge in [-0.25, -0.2) is 9.78 Å². The number of thiazole rings is 1. The molecule has 3 amide bonds. The largest absolute Gasteiger partial charge is 0.339 e. The van der Waals surface area contributed by atoms with E-state index in [1.54, 1.807) is 0 Å². The molecule has 0 spiro atoms. The second-order valence-corrected chi connectivity index (χ2v) is 7.89. The number of halogens is 1. The van der Waals surface area contributed by atoms with Crippen LogP contribution in [0.4, 0.5) is 4.79 Å². The number of urea groups is 1. The fourth-order valence-electron chi connectivity index (χ4n) is 3.25. The van der Waals surface area contributed by atoms with Crippen LogP contribution in [0.1, 0.15) is 19.5 Å². The molecule has 0 aliphatic carbocycles. The van der Waals surface area contributed by atoms with Crippen LogP contribution < -0.4 is 0 Å². The first kappa shape index (κ1) is 20.6. The second kappa shape index (κ2) is 9.39. The van der Waals surface area contributed by atoms with Gasteiger partial charge in [-0.3, -0.25) is 4.79 Å². The van der Waals surface area contributed by atoms with Gasteiger partial charge >= 0.3 is 6.03 Å². The summed E-state index contributed by atoms with van der Waals surface area (Å²) >= 11 is 7.73. The van der Waals surface area contributed by atoms with Crippen molar-refractivity contribution in [1.29, 1.82) is 0 Å². The number of amides is 3. The van der Waals surface area contributed by atoms with Gasteiger partial charge in [-0.2, -0.15) is 0 Å². The van der Waals surface area contributed by atoms with Crippen LogP contribution in [0.3, 0.4) is 0 Å². The zero-order valence-corrected chi connectivity index (χ0v) is 17.8. The third-order valence-corrected chi connectivity index (χ3v) is 6.18. The lowest BCUT2D eigenvalue weighted by Gasteiger charge is -2.37. The van der Waals surface area contributed by atoms with Crippen molar-refractivity contribution in [2.24, 2.45) is 0 Å². The SMILES string of the molecule is CCN(CC)C(=O)N1CCN(C(=O)Cc2csc(-c3ccccc3Cl)n2)CC1. The van der Waals surface area contributed by atoms with Crippen LogP contribution in [0.2, 0.25) is 5.02 Å². The lowest BCUT2D eigenvalue weighted by atomic mass is 10.2. The van der Waals surface area contributed by atoms with Gasteiger partial charge in [-0.05, 0) is 19.9 Å². The van der Waals surface area contributed by atoms with Gasteiger partial charge < -0.3 is 14.7 Å². The first-order valence-electron chi connectivity index (χ1n) is 9.54. The average Bonchev–Trinajstić information content (AvgIpc) is 3.17. The van der Waals surface area contributed by atoms with E-state index < -0.39 is 0 Å². The summed E-state index contributed by atoms with van der Waals surface area (Å²) in [5.41, 5.74) is 1.64. The number of nitrogens with zero attached hydrogens (tertiary/aromatic N) is 4. The number of carbonyl (C=O) groups is 2. The Balaban J connectivity index is 1.55. The minimum Gasteiger partial charge on any atom is -0.339 e. The summed E-state index contributed by atoms with van der Waals surface area (Å²) in [7, 11) is 0. The predicted molar refractivity (Wildman–Crippen MR) is 113 cm³/mol. The Labute approximate surface area is 174 Å². The molecule has 3 rings (SSSR count). The van der Waals surface area contributed by atoms with Crippen molar-refractivity contribution in [3.8, 4) is 10.6 Å². The molecule has 2 heterocycles. The van der Waals surface area contributed by atoms with Crippen molar-refractivity contribution < 1.29 is 9.59 Å². The molecule has 0 radical (unpaired) electrons. The number of piperazine rings is 1. The number of rotatable bonds is 5. The summed E-state index contributed by atoms with van der Waals surface area (Å²) in [6, 6.07) is 7.63. The quantitative estimate of drug-likeness (QED) is 0.742. The maximum Gasteiger partial charge on any atom is 0.320 e. The van der Waals surface area contributed by atoms with Crippen LogP contribution in [-0.4, -0.2) is 70.9 Å². The minimum atomic E-state index is 0.0472. The highest BCUT2D eigenvalue weighted by Gasteiger charge is 2.26. The van der Waals surface area contributed by atoms with Crippen LogP contribution in [-0.2, 0) is 11.2 Å². The molecule has 1 aromatic carbocycles. The topological polar surface area (TPSA) is 56.8 Å². The summed E-state index contributed by atoms with van der Waals surface area (Å²) in [5.74, 6) is 0.0472. The van der Waals surface area contributed by atoms with Crippen molar-refractivity contribution in [3.05, 3.63) is 40.4 Å². The van der Waals surface area contributed by atoms with E-state index in [0.717, 1.165) is 16.3 Å². The maximum atomic E-state index is 12.7. The third-order valence-electron chi connectivity index (χ3n) is 4.93. The van der Waals surface area contributed by atoms with Crippen LogP contribution >= 0.6 is 22.9 Å². The van der Waals surface area contributed by atoms with Crippen LogP contribution in [0.5, 0.6) is 0 Å². The normalized spacial score (nSPS) is 14.2. The van der Waals surface area contributed by atoms with E-state index in [1.807, 2.05) is 58.2 Å².